The van der Waals surface area contributed by atoms with Crippen LogP contribution in [-0.2, 0) is 18.9 Å². The molecular formula is C32H38O19. The number of rotatable bonds is 7. The maximum atomic E-state index is 14.0. The number of phenols is 3. The van der Waals surface area contributed by atoms with Gasteiger partial charge in [0.1, 0.15) is 71.3 Å². The summed E-state index contributed by atoms with van der Waals surface area (Å²) in [5.41, 5.74) is -1.44. The Kier molecular flexibility index (Phi) is 10.4. The van der Waals surface area contributed by atoms with E-state index in [1.54, 1.807) is 0 Å². The molecule has 14 atom stereocenters. The number of aliphatic hydroxyl groups excluding tert-OH is 8. The van der Waals surface area contributed by atoms with E-state index in [9.17, 15) is 61.0 Å². The van der Waals surface area contributed by atoms with Crippen LogP contribution in [0.3, 0.4) is 0 Å². The van der Waals surface area contributed by atoms with Crippen molar-refractivity contribution in [3.05, 3.63) is 40.6 Å². The first-order valence-corrected chi connectivity index (χ1v) is 15.8. The number of aromatic hydroxyl groups is 3. The summed E-state index contributed by atoms with van der Waals surface area (Å²) in [5.74, 6) is -3.17. The van der Waals surface area contributed by atoms with Gasteiger partial charge in [-0.1, -0.05) is 0 Å². The van der Waals surface area contributed by atoms with Crippen LogP contribution in [0, 0.1) is 0 Å². The molecule has 0 spiro atoms. The van der Waals surface area contributed by atoms with Crippen molar-refractivity contribution in [1.29, 1.82) is 0 Å². The second-order valence-corrected chi connectivity index (χ2v) is 12.6. The number of fused-ring (bicyclic) bond motifs is 1. The molecule has 11 N–H and O–H groups in total. The van der Waals surface area contributed by atoms with Gasteiger partial charge in [0.05, 0.1) is 18.8 Å². The lowest BCUT2D eigenvalue weighted by Crippen LogP contribution is -2.62. The molecule has 1 aromatic heterocycles. The fourth-order valence-electron chi connectivity index (χ4n) is 5.97. The van der Waals surface area contributed by atoms with E-state index in [2.05, 4.69) is 0 Å². The molecule has 6 rings (SSSR count). The summed E-state index contributed by atoms with van der Waals surface area (Å²) >= 11 is 0. The highest BCUT2D eigenvalue weighted by Crippen LogP contribution is 2.41. The molecule has 3 aromatic rings. The van der Waals surface area contributed by atoms with Gasteiger partial charge in [0.15, 0.2) is 29.7 Å². The van der Waals surface area contributed by atoms with Gasteiger partial charge in [-0.15, -0.1) is 0 Å². The van der Waals surface area contributed by atoms with E-state index >= 15 is 0 Å². The van der Waals surface area contributed by atoms with E-state index in [4.69, 9.17) is 32.8 Å². The van der Waals surface area contributed by atoms with Gasteiger partial charge in [0, 0.05) is 17.7 Å². The monoisotopic (exact) mass is 726 g/mol. The molecule has 2 aromatic carbocycles. The summed E-state index contributed by atoms with van der Waals surface area (Å²) in [7, 11) is 0. The van der Waals surface area contributed by atoms with Gasteiger partial charge < -0.3 is 89.0 Å². The zero-order valence-electron chi connectivity index (χ0n) is 26.9. The van der Waals surface area contributed by atoms with Crippen molar-refractivity contribution < 1.29 is 89.0 Å². The molecule has 0 saturated carbocycles. The number of benzene rings is 2. The minimum atomic E-state index is -1.83. The first kappa shape index (κ1) is 36.9. The van der Waals surface area contributed by atoms with E-state index in [1.165, 1.54) is 26.0 Å². The molecule has 0 radical (unpaired) electrons. The SMILES string of the molecule is CC1O[C@@H](Oc2ccc(-c3oc4cc(O)cc(O)c4c(=O)c3O[C@@H]3OC(C)[C@H](O)C(O)[C@@H]3O[C@@H]3OC[C@@H](O)C(O)[C@H]3O)cc2O)[C@@H](O)C(O)[C@H]1O. The zero-order chi connectivity index (χ0) is 37.0. The number of hydrogen-bond acceptors (Lipinski definition) is 19. The second-order valence-electron chi connectivity index (χ2n) is 12.6. The smallest absolute Gasteiger partial charge is 0.239 e. The number of hydrogen-bond donors (Lipinski definition) is 11. The van der Waals surface area contributed by atoms with Gasteiger partial charge in [0.25, 0.3) is 0 Å². The Bertz CT molecular complexity index is 1780. The zero-order valence-corrected chi connectivity index (χ0v) is 26.9. The highest BCUT2D eigenvalue weighted by Gasteiger charge is 2.49. The Morgan fingerprint density at radius 2 is 1.33 bits per heavy atom. The van der Waals surface area contributed by atoms with Crippen LogP contribution in [0.4, 0.5) is 0 Å². The minimum Gasteiger partial charge on any atom is -0.508 e. The lowest BCUT2D eigenvalue weighted by Gasteiger charge is -2.44. The van der Waals surface area contributed by atoms with E-state index < -0.39 is 132 Å². The lowest BCUT2D eigenvalue weighted by atomic mass is 9.99. The summed E-state index contributed by atoms with van der Waals surface area (Å²) < 4.78 is 39.6. The van der Waals surface area contributed by atoms with Gasteiger partial charge >= 0.3 is 0 Å². The average Bonchev–Trinajstić information content (AvgIpc) is 3.08. The summed E-state index contributed by atoms with van der Waals surface area (Å²) in [5, 5.41) is 114. The molecule has 3 saturated heterocycles. The first-order chi connectivity index (χ1) is 24.1. The quantitative estimate of drug-likeness (QED) is 0.119. The predicted octanol–water partition coefficient (Wildman–Crippen LogP) is -2.55. The maximum Gasteiger partial charge on any atom is 0.239 e. The van der Waals surface area contributed by atoms with Crippen LogP contribution in [-0.4, -0.2) is 149 Å². The second kappa shape index (κ2) is 14.3. The third kappa shape index (κ3) is 6.91. The largest absolute Gasteiger partial charge is 0.508 e. The van der Waals surface area contributed by atoms with Crippen molar-refractivity contribution in [2.75, 3.05) is 6.61 Å². The predicted molar refractivity (Wildman–Crippen MR) is 166 cm³/mol. The van der Waals surface area contributed by atoms with Crippen LogP contribution < -0.4 is 14.9 Å². The molecule has 0 bridgehead atoms. The van der Waals surface area contributed by atoms with Crippen molar-refractivity contribution >= 4 is 11.0 Å². The van der Waals surface area contributed by atoms with Crippen LogP contribution in [0.5, 0.6) is 28.7 Å². The minimum absolute atomic E-state index is 0.0734. The number of aliphatic hydroxyl groups is 8. The number of ether oxygens (including phenoxy) is 6. The van der Waals surface area contributed by atoms with Crippen molar-refractivity contribution in [2.45, 2.75) is 99.9 Å². The first-order valence-electron chi connectivity index (χ1n) is 15.8. The third-order valence-corrected chi connectivity index (χ3v) is 8.95. The third-order valence-electron chi connectivity index (χ3n) is 8.95. The molecule has 3 fully saturated rings. The van der Waals surface area contributed by atoms with Crippen LogP contribution >= 0.6 is 0 Å². The summed E-state index contributed by atoms with van der Waals surface area (Å²) in [6.07, 6.45) is -21.9. The molecular weight excluding hydrogens is 688 g/mol. The van der Waals surface area contributed by atoms with Crippen LogP contribution in [0.15, 0.2) is 39.5 Å². The fraction of sp³-hybridized carbons (Fsp3) is 0.531. The highest BCUT2D eigenvalue weighted by molar-refractivity contribution is 5.88. The molecule has 3 aliphatic heterocycles. The standard InChI is InChI=1S/C32H38O19/c1-9-19(37)23(41)26(44)31(46-9)49-16-4-3-11(5-13(16)34)27-28(22(40)18-14(35)6-12(33)7-17(18)48-27)50-32-29(24(42)20(38)10(2)47-32)51-30-25(43)21(39)15(36)8-45-30/h3-7,9-10,15,19-21,23-26,29-39,41-44H,8H2,1-2H3/t9?,10?,15-,19+,20+,21?,23?,24?,25-,26+,29+,30+,31+,32+/m1/s1. The molecule has 5 unspecified atom stereocenters. The van der Waals surface area contributed by atoms with Crippen LogP contribution in [0.1, 0.15) is 13.8 Å². The molecule has 0 amide bonds. The van der Waals surface area contributed by atoms with Gasteiger partial charge in [-0.2, -0.15) is 0 Å². The van der Waals surface area contributed by atoms with E-state index in [-0.39, 0.29) is 16.9 Å². The summed E-state index contributed by atoms with van der Waals surface area (Å²) in [6, 6.07) is 5.40. The van der Waals surface area contributed by atoms with Gasteiger partial charge in [-0.3, -0.25) is 4.79 Å². The van der Waals surface area contributed by atoms with Crippen LogP contribution in [0.2, 0.25) is 0 Å². The average molecular weight is 727 g/mol. The Morgan fingerprint density at radius 3 is 2.02 bits per heavy atom. The van der Waals surface area contributed by atoms with E-state index in [1.807, 2.05) is 0 Å². The fourth-order valence-corrected chi connectivity index (χ4v) is 5.97. The summed E-state index contributed by atoms with van der Waals surface area (Å²) in [4.78, 5) is 14.0. The Balaban J connectivity index is 1.39. The Hall–Kier alpha value is -3.83. The molecule has 19 nitrogen and oxygen atoms in total. The van der Waals surface area contributed by atoms with Gasteiger partial charge in [-0.25, -0.2) is 0 Å². The molecule has 3 aliphatic rings. The number of phenolic OH excluding ortho intramolecular Hbond substituents is 3. The molecule has 51 heavy (non-hydrogen) atoms. The molecule has 4 heterocycles. The van der Waals surface area contributed by atoms with Crippen molar-refractivity contribution in [2.24, 2.45) is 0 Å². The molecule has 19 heteroatoms. The van der Waals surface area contributed by atoms with Crippen LogP contribution in [0.25, 0.3) is 22.3 Å². The highest BCUT2D eigenvalue weighted by atomic mass is 16.8. The Morgan fingerprint density at radius 1 is 0.686 bits per heavy atom. The topological polar surface area (TPSA) is 308 Å². The van der Waals surface area contributed by atoms with E-state index in [0.29, 0.717) is 0 Å². The summed E-state index contributed by atoms with van der Waals surface area (Å²) in [6.45, 7) is 2.33. The van der Waals surface area contributed by atoms with Crippen molar-refractivity contribution in [1.82, 2.24) is 0 Å². The van der Waals surface area contributed by atoms with Crippen molar-refractivity contribution in [3.63, 3.8) is 0 Å². The van der Waals surface area contributed by atoms with E-state index in [0.717, 1.165) is 18.2 Å². The molecule has 280 valence electrons. The normalized spacial score (nSPS) is 37.3. The van der Waals surface area contributed by atoms with Crippen molar-refractivity contribution in [3.8, 4) is 40.1 Å². The van der Waals surface area contributed by atoms with Gasteiger partial charge in [-0.05, 0) is 32.0 Å². The van der Waals surface area contributed by atoms with Gasteiger partial charge in [0.2, 0.25) is 23.8 Å². The maximum absolute atomic E-state index is 14.0. The lowest BCUT2D eigenvalue weighted by molar-refractivity contribution is -0.341. The molecule has 0 aliphatic carbocycles. The Labute approximate surface area is 287 Å².